The number of pyridine rings is 1. The molecule has 7 nitrogen and oxygen atoms in total. The van der Waals surface area contributed by atoms with Gasteiger partial charge in [0, 0.05) is 68.3 Å². The van der Waals surface area contributed by atoms with Crippen LogP contribution in [0.1, 0.15) is 12.5 Å². The molecule has 2 aliphatic rings. The van der Waals surface area contributed by atoms with Crippen LogP contribution in [0.15, 0.2) is 47.6 Å². The van der Waals surface area contributed by atoms with E-state index < -0.39 is 0 Å². The molecule has 4 rings (SSSR count). The van der Waals surface area contributed by atoms with Crippen molar-refractivity contribution in [2.75, 3.05) is 68.8 Å². The van der Waals surface area contributed by atoms with Crippen molar-refractivity contribution >= 4 is 29.1 Å². The Labute approximate surface area is 189 Å². The SMILES string of the molecule is CCNC(=NCc1cccnc1N1CCOCC1)N1CCN(c2cccc(Cl)c2)CC1. The minimum Gasteiger partial charge on any atom is -0.378 e. The van der Waals surface area contributed by atoms with Crippen LogP contribution in [0, 0.1) is 0 Å². The van der Waals surface area contributed by atoms with Crippen molar-refractivity contribution in [2.24, 2.45) is 4.99 Å². The predicted octanol–water partition coefficient (Wildman–Crippen LogP) is 2.86. The first kappa shape index (κ1) is 21.7. The zero-order valence-corrected chi connectivity index (χ0v) is 18.9. The molecule has 2 saturated heterocycles. The largest absolute Gasteiger partial charge is 0.378 e. The number of rotatable bonds is 5. The minimum absolute atomic E-state index is 0.609. The van der Waals surface area contributed by atoms with Gasteiger partial charge in [0.15, 0.2) is 5.96 Å². The molecular formula is C23H31ClN6O. The fraction of sp³-hybridized carbons (Fsp3) is 0.478. The summed E-state index contributed by atoms with van der Waals surface area (Å²) >= 11 is 6.17. The average molecular weight is 443 g/mol. The maximum Gasteiger partial charge on any atom is 0.194 e. The smallest absolute Gasteiger partial charge is 0.194 e. The molecule has 0 amide bonds. The summed E-state index contributed by atoms with van der Waals surface area (Å²) in [5.41, 5.74) is 2.33. The van der Waals surface area contributed by atoms with Gasteiger partial charge in [-0.05, 0) is 31.2 Å². The minimum atomic E-state index is 0.609. The van der Waals surface area contributed by atoms with E-state index in [4.69, 9.17) is 21.3 Å². The molecule has 0 bridgehead atoms. The molecule has 1 N–H and O–H groups in total. The van der Waals surface area contributed by atoms with Crippen LogP contribution in [0.5, 0.6) is 0 Å². The van der Waals surface area contributed by atoms with Crippen molar-refractivity contribution in [3.63, 3.8) is 0 Å². The quantitative estimate of drug-likeness (QED) is 0.567. The molecule has 0 aliphatic carbocycles. The second-order valence-electron chi connectivity index (χ2n) is 7.71. The number of nitrogens with zero attached hydrogens (tertiary/aromatic N) is 5. The van der Waals surface area contributed by atoms with Gasteiger partial charge in [0.1, 0.15) is 5.82 Å². The van der Waals surface area contributed by atoms with E-state index in [1.165, 1.54) is 5.69 Å². The molecule has 31 heavy (non-hydrogen) atoms. The van der Waals surface area contributed by atoms with E-state index in [9.17, 15) is 0 Å². The second kappa shape index (κ2) is 10.7. The number of nitrogens with one attached hydrogen (secondary N) is 1. The number of halogens is 1. The summed E-state index contributed by atoms with van der Waals surface area (Å²) < 4.78 is 5.49. The summed E-state index contributed by atoms with van der Waals surface area (Å²) in [5.74, 6) is 1.99. The van der Waals surface area contributed by atoms with Crippen LogP contribution in [0.3, 0.4) is 0 Å². The van der Waals surface area contributed by atoms with Gasteiger partial charge in [0.05, 0.1) is 19.8 Å². The van der Waals surface area contributed by atoms with Gasteiger partial charge in [-0.15, -0.1) is 0 Å². The maximum atomic E-state index is 6.17. The first-order chi connectivity index (χ1) is 15.2. The molecule has 8 heteroatoms. The summed E-state index contributed by atoms with van der Waals surface area (Å²) in [4.78, 5) is 16.6. The molecule has 2 aromatic rings. The summed E-state index contributed by atoms with van der Waals surface area (Å²) in [5, 5.41) is 4.25. The number of guanidine groups is 1. The molecule has 0 saturated carbocycles. The van der Waals surface area contributed by atoms with Crippen LogP contribution >= 0.6 is 11.6 Å². The highest BCUT2D eigenvalue weighted by Gasteiger charge is 2.21. The normalized spacial score (nSPS) is 17.7. The molecule has 0 atom stereocenters. The lowest BCUT2D eigenvalue weighted by atomic mass is 10.2. The van der Waals surface area contributed by atoms with Crippen LogP contribution in [0.2, 0.25) is 5.02 Å². The van der Waals surface area contributed by atoms with Gasteiger partial charge in [-0.1, -0.05) is 23.7 Å². The Morgan fingerprint density at radius 1 is 1.06 bits per heavy atom. The Morgan fingerprint density at radius 2 is 1.87 bits per heavy atom. The van der Waals surface area contributed by atoms with Crippen molar-refractivity contribution in [1.29, 1.82) is 0 Å². The Bertz CT molecular complexity index is 878. The van der Waals surface area contributed by atoms with Crippen LogP contribution in [-0.4, -0.2) is 74.9 Å². The molecule has 0 spiro atoms. The Kier molecular flexibility index (Phi) is 7.48. The fourth-order valence-corrected chi connectivity index (χ4v) is 4.23. The number of benzene rings is 1. The van der Waals surface area contributed by atoms with Gasteiger partial charge >= 0.3 is 0 Å². The summed E-state index contributed by atoms with van der Waals surface area (Å²) in [6.07, 6.45) is 1.86. The third-order valence-electron chi connectivity index (χ3n) is 5.66. The van der Waals surface area contributed by atoms with E-state index in [1.807, 2.05) is 30.5 Å². The van der Waals surface area contributed by atoms with Crippen molar-refractivity contribution in [3.8, 4) is 0 Å². The number of ether oxygens (including phenoxy) is 1. The van der Waals surface area contributed by atoms with Gasteiger partial charge in [0.2, 0.25) is 0 Å². The number of hydrogen-bond acceptors (Lipinski definition) is 5. The Hall–Kier alpha value is -2.51. The summed E-state index contributed by atoms with van der Waals surface area (Å²) in [6, 6.07) is 12.2. The van der Waals surface area contributed by atoms with Crippen LogP contribution in [0.4, 0.5) is 11.5 Å². The molecular weight excluding hydrogens is 412 g/mol. The fourth-order valence-electron chi connectivity index (χ4n) is 4.05. The lowest BCUT2D eigenvalue weighted by Crippen LogP contribution is -2.52. The summed E-state index contributed by atoms with van der Waals surface area (Å²) in [7, 11) is 0. The van der Waals surface area contributed by atoms with Crippen LogP contribution < -0.4 is 15.1 Å². The first-order valence-electron chi connectivity index (χ1n) is 11.0. The number of hydrogen-bond donors (Lipinski definition) is 1. The zero-order chi connectivity index (χ0) is 21.5. The first-order valence-corrected chi connectivity index (χ1v) is 11.4. The highest BCUT2D eigenvalue weighted by Crippen LogP contribution is 2.22. The monoisotopic (exact) mass is 442 g/mol. The van der Waals surface area contributed by atoms with Gasteiger partial charge < -0.3 is 24.8 Å². The molecule has 1 aromatic carbocycles. The van der Waals surface area contributed by atoms with Gasteiger partial charge in [-0.2, -0.15) is 0 Å². The molecule has 0 unspecified atom stereocenters. The highest BCUT2D eigenvalue weighted by atomic mass is 35.5. The third-order valence-corrected chi connectivity index (χ3v) is 5.90. The standard InChI is InChI=1S/C23H31ClN6O/c1-2-25-23(30-11-9-28(10-12-30)21-7-3-6-20(24)17-21)27-18-19-5-4-8-26-22(19)29-13-15-31-16-14-29/h3-8,17H,2,9-16,18H2,1H3,(H,25,27). The van der Waals surface area contributed by atoms with Gasteiger partial charge in [-0.3, -0.25) is 0 Å². The van der Waals surface area contributed by atoms with Crippen molar-refractivity contribution in [1.82, 2.24) is 15.2 Å². The number of anilines is 2. The van der Waals surface area contributed by atoms with E-state index >= 15 is 0 Å². The molecule has 2 fully saturated rings. The second-order valence-corrected chi connectivity index (χ2v) is 8.15. The lowest BCUT2D eigenvalue weighted by Gasteiger charge is -2.37. The molecule has 3 heterocycles. The Morgan fingerprint density at radius 3 is 2.61 bits per heavy atom. The van der Waals surface area contributed by atoms with Gasteiger partial charge in [-0.25, -0.2) is 9.98 Å². The zero-order valence-electron chi connectivity index (χ0n) is 18.1. The number of aliphatic imine (C=N–C) groups is 1. The van der Waals surface area contributed by atoms with Crippen molar-refractivity contribution in [2.45, 2.75) is 13.5 Å². The van der Waals surface area contributed by atoms with E-state index in [1.54, 1.807) is 0 Å². The van der Waals surface area contributed by atoms with E-state index in [0.717, 1.165) is 81.4 Å². The third kappa shape index (κ3) is 5.60. The summed E-state index contributed by atoms with van der Waals surface area (Å²) in [6.45, 7) is 10.5. The Balaban J connectivity index is 1.42. The lowest BCUT2D eigenvalue weighted by molar-refractivity contribution is 0.122. The number of aromatic nitrogens is 1. The van der Waals surface area contributed by atoms with Gasteiger partial charge in [0.25, 0.3) is 0 Å². The molecule has 2 aliphatic heterocycles. The topological polar surface area (TPSA) is 56.2 Å². The maximum absolute atomic E-state index is 6.17. The number of morpholine rings is 1. The van der Waals surface area contributed by atoms with Crippen LogP contribution in [0.25, 0.3) is 0 Å². The average Bonchev–Trinajstić information content (AvgIpc) is 2.83. The van der Waals surface area contributed by atoms with Crippen LogP contribution in [-0.2, 0) is 11.3 Å². The van der Waals surface area contributed by atoms with E-state index in [2.05, 4.69) is 44.1 Å². The molecule has 166 valence electrons. The van der Waals surface area contributed by atoms with Crippen molar-refractivity contribution in [3.05, 3.63) is 53.2 Å². The van der Waals surface area contributed by atoms with Crippen molar-refractivity contribution < 1.29 is 4.74 Å². The molecule has 1 aromatic heterocycles. The number of piperazine rings is 1. The van der Waals surface area contributed by atoms with E-state index in [0.29, 0.717) is 6.54 Å². The predicted molar refractivity (Wildman–Crippen MR) is 127 cm³/mol. The highest BCUT2D eigenvalue weighted by molar-refractivity contribution is 6.30. The molecule has 0 radical (unpaired) electrons. The van der Waals surface area contributed by atoms with E-state index in [-0.39, 0.29) is 0 Å².